The first-order valence-electron chi connectivity index (χ1n) is 10.4. The van der Waals surface area contributed by atoms with Gasteiger partial charge in [0.2, 0.25) is 5.95 Å². The van der Waals surface area contributed by atoms with Gasteiger partial charge in [0.05, 0.1) is 17.6 Å². The van der Waals surface area contributed by atoms with Crippen LogP contribution >= 0.6 is 0 Å². The van der Waals surface area contributed by atoms with Crippen LogP contribution in [0.25, 0.3) is 11.0 Å². The highest BCUT2D eigenvalue weighted by Gasteiger charge is 2.23. The van der Waals surface area contributed by atoms with Gasteiger partial charge >= 0.3 is 0 Å². The summed E-state index contributed by atoms with van der Waals surface area (Å²) in [7, 11) is 0. The fourth-order valence-corrected chi connectivity index (χ4v) is 4.09. The monoisotopic (exact) mass is 378 g/mol. The second kappa shape index (κ2) is 9.22. The highest BCUT2D eigenvalue weighted by Crippen LogP contribution is 2.23. The number of nitrogens with one attached hydrogen (secondary N) is 2. The van der Waals surface area contributed by atoms with Gasteiger partial charge < -0.3 is 19.9 Å². The van der Waals surface area contributed by atoms with Crippen LogP contribution < -0.4 is 10.6 Å². The van der Waals surface area contributed by atoms with Gasteiger partial charge in [0.25, 0.3) is 0 Å². The van der Waals surface area contributed by atoms with Gasteiger partial charge in [-0.25, -0.2) is 4.98 Å². The van der Waals surface area contributed by atoms with Crippen LogP contribution in [0, 0.1) is 0 Å². The molecule has 4 rings (SSSR count). The first-order chi connectivity index (χ1) is 13.8. The lowest BCUT2D eigenvalue weighted by Crippen LogP contribution is -2.44. The van der Waals surface area contributed by atoms with Gasteiger partial charge in [-0.1, -0.05) is 42.5 Å². The number of benzene rings is 2. The maximum atomic E-state index is 5.60. The van der Waals surface area contributed by atoms with Crippen molar-refractivity contribution < 1.29 is 4.74 Å². The fraction of sp³-hybridized carbons (Fsp3) is 0.435. The number of aromatic nitrogens is 2. The van der Waals surface area contributed by atoms with E-state index in [1.807, 2.05) is 13.0 Å². The van der Waals surface area contributed by atoms with E-state index in [-0.39, 0.29) is 0 Å². The number of fused-ring (bicyclic) bond motifs is 1. The number of nitrogens with zero attached hydrogens (tertiary/aromatic N) is 2. The first kappa shape index (κ1) is 19.0. The van der Waals surface area contributed by atoms with Crippen molar-refractivity contribution in [3.8, 4) is 0 Å². The minimum Gasteiger partial charge on any atom is -0.380 e. The topological polar surface area (TPSA) is 51.1 Å². The maximum absolute atomic E-state index is 5.60. The lowest BCUT2D eigenvalue weighted by Gasteiger charge is -2.31. The molecule has 1 fully saturated rings. The standard InChI is InChI=1S/C23H30N4O/c1-2-28-15-14-27-22-11-7-6-10-21(22)26-23(27)25-19-12-13-24-20(17-19)16-18-8-4-3-5-9-18/h3-11,19-20,24H,2,12-17H2,1H3,(H,25,26)/t19-,20-/m0/s1. The van der Waals surface area contributed by atoms with Gasteiger partial charge in [-0.15, -0.1) is 0 Å². The summed E-state index contributed by atoms with van der Waals surface area (Å²) < 4.78 is 7.86. The van der Waals surface area contributed by atoms with Crippen molar-refractivity contribution in [3.05, 3.63) is 60.2 Å². The molecule has 1 aliphatic heterocycles. The second-order valence-electron chi connectivity index (χ2n) is 7.48. The Kier molecular flexibility index (Phi) is 6.24. The molecular formula is C23H30N4O. The summed E-state index contributed by atoms with van der Waals surface area (Å²) in [5.41, 5.74) is 3.60. The van der Waals surface area contributed by atoms with Crippen LogP contribution in [0.2, 0.25) is 0 Å². The number of ether oxygens (including phenoxy) is 1. The minimum absolute atomic E-state index is 0.428. The number of hydrogen-bond donors (Lipinski definition) is 2. The van der Waals surface area contributed by atoms with Crippen molar-refractivity contribution >= 4 is 17.0 Å². The quantitative estimate of drug-likeness (QED) is 0.585. The average molecular weight is 379 g/mol. The number of anilines is 1. The van der Waals surface area contributed by atoms with Crippen molar-refractivity contribution in [2.75, 3.05) is 25.1 Å². The lowest BCUT2D eigenvalue weighted by atomic mass is 9.94. The van der Waals surface area contributed by atoms with Crippen LogP contribution in [-0.2, 0) is 17.7 Å². The molecule has 5 heteroatoms. The number of para-hydroxylation sites is 2. The van der Waals surface area contributed by atoms with E-state index >= 15 is 0 Å². The molecule has 0 amide bonds. The molecule has 0 saturated carbocycles. The van der Waals surface area contributed by atoms with E-state index in [1.165, 1.54) is 11.1 Å². The molecule has 28 heavy (non-hydrogen) atoms. The molecule has 1 saturated heterocycles. The van der Waals surface area contributed by atoms with Gasteiger partial charge in [-0.2, -0.15) is 0 Å². The molecule has 1 aliphatic rings. The van der Waals surface area contributed by atoms with Crippen molar-refractivity contribution in [2.24, 2.45) is 0 Å². The van der Waals surface area contributed by atoms with E-state index in [4.69, 9.17) is 9.72 Å². The average Bonchev–Trinajstić information content (AvgIpc) is 3.06. The molecule has 148 valence electrons. The van der Waals surface area contributed by atoms with Crippen LogP contribution in [-0.4, -0.2) is 41.4 Å². The zero-order chi connectivity index (χ0) is 19.2. The normalized spacial score (nSPS) is 19.8. The van der Waals surface area contributed by atoms with Crippen LogP contribution in [0.3, 0.4) is 0 Å². The largest absolute Gasteiger partial charge is 0.380 e. The minimum atomic E-state index is 0.428. The van der Waals surface area contributed by atoms with Crippen molar-refractivity contribution in [3.63, 3.8) is 0 Å². The summed E-state index contributed by atoms with van der Waals surface area (Å²) in [4.78, 5) is 4.87. The lowest BCUT2D eigenvalue weighted by molar-refractivity contribution is 0.140. The van der Waals surface area contributed by atoms with Gasteiger partial charge in [-0.05, 0) is 50.4 Å². The molecule has 0 spiro atoms. The predicted molar refractivity (Wildman–Crippen MR) is 115 cm³/mol. The molecule has 5 nitrogen and oxygen atoms in total. The van der Waals surface area contributed by atoms with E-state index in [0.717, 1.165) is 50.4 Å². The van der Waals surface area contributed by atoms with Crippen LogP contribution in [0.4, 0.5) is 5.95 Å². The molecule has 0 bridgehead atoms. The second-order valence-corrected chi connectivity index (χ2v) is 7.48. The van der Waals surface area contributed by atoms with E-state index < -0.39 is 0 Å². The highest BCUT2D eigenvalue weighted by molar-refractivity contribution is 5.78. The smallest absolute Gasteiger partial charge is 0.204 e. The van der Waals surface area contributed by atoms with E-state index in [9.17, 15) is 0 Å². The third-order valence-electron chi connectivity index (χ3n) is 5.47. The number of piperidine rings is 1. The predicted octanol–water partition coefficient (Wildman–Crippen LogP) is 3.85. The SMILES string of the molecule is CCOCCn1c(N[C@H]2CCN[C@@H](Cc3ccccc3)C2)nc2ccccc21. The van der Waals surface area contributed by atoms with Crippen molar-refractivity contribution in [2.45, 2.75) is 44.8 Å². The molecular weight excluding hydrogens is 348 g/mol. The zero-order valence-electron chi connectivity index (χ0n) is 16.6. The zero-order valence-corrected chi connectivity index (χ0v) is 16.6. The summed E-state index contributed by atoms with van der Waals surface area (Å²) in [5.74, 6) is 0.964. The van der Waals surface area contributed by atoms with Gasteiger partial charge in [0, 0.05) is 25.2 Å². The molecule has 2 aromatic carbocycles. The van der Waals surface area contributed by atoms with Gasteiger partial charge in [-0.3, -0.25) is 0 Å². The Bertz CT molecular complexity index is 877. The number of rotatable bonds is 8. The van der Waals surface area contributed by atoms with Crippen molar-refractivity contribution in [1.82, 2.24) is 14.9 Å². The third kappa shape index (κ3) is 4.54. The maximum Gasteiger partial charge on any atom is 0.204 e. The van der Waals surface area contributed by atoms with E-state index in [1.54, 1.807) is 0 Å². The Labute approximate surface area is 167 Å². The summed E-state index contributed by atoms with van der Waals surface area (Å²) in [6, 6.07) is 20.0. The number of hydrogen-bond acceptors (Lipinski definition) is 4. The summed E-state index contributed by atoms with van der Waals surface area (Å²) in [6.07, 6.45) is 3.28. The number of imidazole rings is 1. The van der Waals surface area contributed by atoms with Crippen LogP contribution in [0.15, 0.2) is 54.6 Å². The van der Waals surface area contributed by atoms with Crippen LogP contribution in [0.5, 0.6) is 0 Å². The summed E-state index contributed by atoms with van der Waals surface area (Å²) in [6.45, 7) is 5.33. The molecule has 2 heterocycles. The third-order valence-corrected chi connectivity index (χ3v) is 5.47. The van der Waals surface area contributed by atoms with E-state index in [2.05, 4.69) is 63.7 Å². The molecule has 0 radical (unpaired) electrons. The molecule has 2 N–H and O–H groups in total. The molecule has 3 aromatic rings. The Morgan fingerprint density at radius 3 is 2.82 bits per heavy atom. The fourth-order valence-electron chi connectivity index (χ4n) is 4.09. The Morgan fingerprint density at radius 2 is 1.96 bits per heavy atom. The van der Waals surface area contributed by atoms with Gasteiger partial charge in [0.15, 0.2) is 0 Å². The van der Waals surface area contributed by atoms with Crippen LogP contribution in [0.1, 0.15) is 25.3 Å². The highest BCUT2D eigenvalue weighted by atomic mass is 16.5. The Morgan fingerprint density at radius 1 is 1.14 bits per heavy atom. The Hall–Kier alpha value is -2.37. The first-order valence-corrected chi connectivity index (χ1v) is 10.4. The summed E-state index contributed by atoms with van der Waals surface area (Å²) >= 11 is 0. The van der Waals surface area contributed by atoms with Gasteiger partial charge in [0.1, 0.15) is 0 Å². The molecule has 0 aliphatic carbocycles. The Balaban J connectivity index is 1.46. The molecule has 1 aromatic heterocycles. The summed E-state index contributed by atoms with van der Waals surface area (Å²) in [5, 5.41) is 7.42. The van der Waals surface area contributed by atoms with E-state index in [0.29, 0.717) is 18.7 Å². The molecule has 0 unspecified atom stereocenters. The molecule has 2 atom stereocenters. The van der Waals surface area contributed by atoms with Crippen molar-refractivity contribution in [1.29, 1.82) is 0 Å².